The minimum absolute atomic E-state index is 0.00468. The molecule has 0 aliphatic carbocycles. The molecule has 1 aliphatic rings. The van der Waals surface area contributed by atoms with E-state index in [0.717, 1.165) is 23.7 Å². The van der Waals surface area contributed by atoms with Crippen molar-refractivity contribution in [3.63, 3.8) is 0 Å². The molecule has 178 valence electrons. The number of hydrogen-bond donors (Lipinski definition) is 4. The van der Waals surface area contributed by atoms with Gasteiger partial charge in [-0.25, -0.2) is 14.8 Å². The van der Waals surface area contributed by atoms with Gasteiger partial charge in [-0.3, -0.25) is 9.78 Å². The zero-order valence-electron chi connectivity index (χ0n) is 19.1. The number of pyridine rings is 1. The van der Waals surface area contributed by atoms with Crippen molar-refractivity contribution < 1.29 is 14.7 Å². The summed E-state index contributed by atoms with van der Waals surface area (Å²) >= 11 is 0. The van der Waals surface area contributed by atoms with Crippen LogP contribution in [0.5, 0.6) is 0 Å². The molecule has 11 nitrogen and oxygen atoms in total. The number of aliphatic hydroxyl groups excluding tert-OH is 1. The van der Waals surface area contributed by atoms with E-state index in [4.69, 9.17) is 5.73 Å². The van der Waals surface area contributed by atoms with Gasteiger partial charge in [0.2, 0.25) is 0 Å². The van der Waals surface area contributed by atoms with Gasteiger partial charge in [-0.15, -0.1) is 0 Å². The second-order valence-electron chi connectivity index (χ2n) is 8.36. The zero-order chi connectivity index (χ0) is 24.2. The molecule has 2 aromatic heterocycles. The van der Waals surface area contributed by atoms with Crippen molar-refractivity contribution in [3.8, 4) is 0 Å². The standard InChI is InChI=1S/C23H28N8O3/c1-30(2)23(34)28-17-6-4-10-31(18(17)13-32)19-12-26-20(21(24)33)22(29-19)27-15-7-8-16-14(11-15)5-3-9-25-16/h3,5,7-9,11-12,17-18,32H,4,6,10,13H2,1-2H3,(H2,24,33)(H,27,29)(H,28,34)/t17-,18+/m0/s1. The molecule has 0 saturated carbocycles. The lowest BCUT2D eigenvalue weighted by atomic mass is 9.96. The molecule has 1 aliphatic heterocycles. The lowest BCUT2D eigenvalue weighted by Crippen LogP contribution is -2.58. The smallest absolute Gasteiger partial charge is 0.317 e. The van der Waals surface area contributed by atoms with Crippen LogP contribution in [-0.2, 0) is 0 Å². The van der Waals surface area contributed by atoms with E-state index in [1.165, 1.54) is 11.1 Å². The SMILES string of the molecule is CN(C)C(=O)N[C@H]1CCCN(c2cnc(C(N)=O)c(Nc3ccc4ncccc4c3)n2)[C@@H]1CO. The highest BCUT2D eigenvalue weighted by atomic mass is 16.3. The van der Waals surface area contributed by atoms with Crippen molar-refractivity contribution in [2.45, 2.75) is 24.9 Å². The number of anilines is 3. The average molecular weight is 465 g/mol. The van der Waals surface area contributed by atoms with Crippen molar-refractivity contribution in [2.75, 3.05) is 37.5 Å². The molecule has 0 radical (unpaired) electrons. The molecular weight excluding hydrogens is 436 g/mol. The number of fused-ring (bicyclic) bond motifs is 1. The zero-order valence-corrected chi connectivity index (χ0v) is 19.1. The highest BCUT2D eigenvalue weighted by molar-refractivity contribution is 5.96. The van der Waals surface area contributed by atoms with Gasteiger partial charge in [0.1, 0.15) is 5.82 Å². The first kappa shape index (κ1) is 23.2. The Hall–Kier alpha value is -3.99. The minimum atomic E-state index is -0.711. The summed E-state index contributed by atoms with van der Waals surface area (Å²) in [6.07, 6.45) is 4.70. The molecule has 3 amide bonds. The van der Waals surface area contributed by atoms with Crippen LogP contribution in [-0.4, -0.2) is 76.2 Å². The molecule has 4 rings (SSSR count). The summed E-state index contributed by atoms with van der Waals surface area (Å²) in [5.41, 5.74) is 7.09. The maximum absolute atomic E-state index is 12.2. The fraction of sp³-hybridized carbons (Fsp3) is 0.348. The molecule has 1 aromatic carbocycles. The van der Waals surface area contributed by atoms with Crippen LogP contribution in [0.15, 0.2) is 42.7 Å². The maximum atomic E-state index is 12.2. The lowest BCUT2D eigenvalue weighted by molar-refractivity contribution is 0.0996. The summed E-state index contributed by atoms with van der Waals surface area (Å²) in [6, 6.07) is 8.48. The summed E-state index contributed by atoms with van der Waals surface area (Å²) in [5.74, 6) is -0.0281. The number of nitrogens with zero attached hydrogens (tertiary/aromatic N) is 5. The molecule has 3 heterocycles. The van der Waals surface area contributed by atoms with E-state index in [1.54, 1.807) is 20.3 Å². The van der Waals surface area contributed by atoms with E-state index in [2.05, 4.69) is 25.6 Å². The van der Waals surface area contributed by atoms with E-state index in [1.807, 2.05) is 35.2 Å². The van der Waals surface area contributed by atoms with E-state index in [9.17, 15) is 14.7 Å². The molecule has 34 heavy (non-hydrogen) atoms. The number of carbonyl (C=O) groups excluding carboxylic acids is 2. The van der Waals surface area contributed by atoms with Crippen LogP contribution in [0.1, 0.15) is 23.3 Å². The molecular formula is C23H28N8O3. The number of carbonyl (C=O) groups is 2. The Morgan fingerprint density at radius 2 is 2.09 bits per heavy atom. The van der Waals surface area contributed by atoms with Gasteiger partial charge in [-0.1, -0.05) is 6.07 Å². The third kappa shape index (κ3) is 4.84. The molecule has 5 N–H and O–H groups in total. The van der Waals surface area contributed by atoms with E-state index >= 15 is 0 Å². The molecule has 0 bridgehead atoms. The van der Waals surface area contributed by atoms with E-state index < -0.39 is 11.9 Å². The number of aliphatic hydroxyl groups is 1. The Bertz CT molecular complexity index is 1200. The number of amides is 3. The maximum Gasteiger partial charge on any atom is 0.317 e. The Morgan fingerprint density at radius 1 is 1.26 bits per heavy atom. The monoisotopic (exact) mass is 464 g/mol. The predicted molar refractivity (Wildman–Crippen MR) is 129 cm³/mol. The van der Waals surface area contributed by atoms with Crippen LogP contribution in [0.4, 0.5) is 22.1 Å². The lowest BCUT2D eigenvalue weighted by Gasteiger charge is -2.41. The van der Waals surface area contributed by atoms with Gasteiger partial charge < -0.3 is 31.3 Å². The van der Waals surface area contributed by atoms with Crippen LogP contribution in [0.2, 0.25) is 0 Å². The minimum Gasteiger partial charge on any atom is -0.394 e. The van der Waals surface area contributed by atoms with Crippen LogP contribution >= 0.6 is 0 Å². The van der Waals surface area contributed by atoms with Gasteiger partial charge in [0.25, 0.3) is 5.91 Å². The summed E-state index contributed by atoms with van der Waals surface area (Å²) < 4.78 is 0. The quantitative estimate of drug-likeness (QED) is 0.428. The Balaban J connectivity index is 1.65. The van der Waals surface area contributed by atoms with Crippen LogP contribution in [0, 0.1) is 0 Å². The number of aromatic nitrogens is 3. The fourth-order valence-corrected chi connectivity index (χ4v) is 4.10. The van der Waals surface area contributed by atoms with Crippen LogP contribution < -0.4 is 21.3 Å². The first-order valence-corrected chi connectivity index (χ1v) is 11.0. The Kier molecular flexibility index (Phi) is 6.73. The molecule has 0 unspecified atom stereocenters. The van der Waals surface area contributed by atoms with Crippen molar-refractivity contribution in [1.82, 2.24) is 25.2 Å². The van der Waals surface area contributed by atoms with Gasteiger partial charge in [0, 0.05) is 37.9 Å². The number of rotatable bonds is 6. The van der Waals surface area contributed by atoms with E-state index in [0.29, 0.717) is 18.1 Å². The third-order valence-electron chi connectivity index (χ3n) is 5.83. The van der Waals surface area contributed by atoms with Crippen molar-refractivity contribution in [3.05, 3.63) is 48.4 Å². The summed E-state index contributed by atoms with van der Waals surface area (Å²) in [6.45, 7) is 0.434. The molecule has 1 saturated heterocycles. The van der Waals surface area contributed by atoms with Gasteiger partial charge in [-0.2, -0.15) is 0 Å². The largest absolute Gasteiger partial charge is 0.394 e. The van der Waals surface area contributed by atoms with Gasteiger partial charge in [-0.05, 0) is 37.1 Å². The molecule has 0 spiro atoms. The van der Waals surface area contributed by atoms with Crippen molar-refractivity contribution in [1.29, 1.82) is 0 Å². The molecule has 3 aromatic rings. The summed E-state index contributed by atoms with van der Waals surface area (Å²) in [7, 11) is 3.33. The average Bonchev–Trinajstić information content (AvgIpc) is 2.83. The first-order chi connectivity index (χ1) is 16.4. The normalized spacial score (nSPS) is 17.9. The number of piperidine rings is 1. The number of benzene rings is 1. The number of nitrogens with one attached hydrogen (secondary N) is 2. The van der Waals surface area contributed by atoms with Gasteiger partial charge >= 0.3 is 6.03 Å². The third-order valence-corrected chi connectivity index (χ3v) is 5.83. The second kappa shape index (κ2) is 9.87. The second-order valence-corrected chi connectivity index (χ2v) is 8.36. The van der Waals surface area contributed by atoms with E-state index in [-0.39, 0.29) is 30.2 Å². The number of urea groups is 1. The predicted octanol–water partition coefficient (Wildman–Crippen LogP) is 1.47. The van der Waals surface area contributed by atoms with Crippen LogP contribution in [0.25, 0.3) is 10.9 Å². The number of primary amides is 1. The van der Waals surface area contributed by atoms with Crippen molar-refractivity contribution in [2.24, 2.45) is 5.73 Å². The van der Waals surface area contributed by atoms with Crippen molar-refractivity contribution >= 4 is 40.2 Å². The van der Waals surface area contributed by atoms with Crippen LogP contribution in [0.3, 0.4) is 0 Å². The molecule has 2 atom stereocenters. The molecule has 11 heteroatoms. The van der Waals surface area contributed by atoms with Gasteiger partial charge in [0.05, 0.1) is 30.4 Å². The van der Waals surface area contributed by atoms with Gasteiger partial charge in [0.15, 0.2) is 11.5 Å². The number of hydrogen-bond acceptors (Lipinski definition) is 8. The summed E-state index contributed by atoms with van der Waals surface area (Å²) in [4.78, 5) is 40.8. The summed E-state index contributed by atoms with van der Waals surface area (Å²) in [5, 5.41) is 17.2. The Morgan fingerprint density at radius 3 is 2.82 bits per heavy atom. The first-order valence-electron chi connectivity index (χ1n) is 11.0. The Labute approximate surface area is 197 Å². The highest BCUT2D eigenvalue weighted by Crippen LogP contribution is 2.27. The topological polar surface area (TPSA) is 150 Å². The fourth-order valence-electron chi connectivity index (χ4n) is 4.10. The molecule has 1 fully saturated rings. The highest BCUT2D eigenvalue weighted by Gasteiger charge is 2.33. The number of nitrogens with two attached hydrogens (primary N) is 1.